The van der Waals surface area contributed by atoms with Gasteiger partial charge < -0.3 is 20.1 Å². The van der Waals surface area contributed by atoms with Gasteiger partial charge in [-0.15, -0.1) is 0 Å². The van der Waals surface area contributed by atoms with E-state index < -0.39 is 0 Å². The minimum atomic E-state index is -0.354. The van der Waals surface area contributed by atoms with Gasteiger partial charge in [-0.25, -0.2) is 0 Å². The van der Waals surface area contributed by atoms with E-state index in [-0.39, 0.29) is 24.8 Å². The summed E-state index contributed by atoms with van der Waals surface area (Å²) in [4.78, 5) is 23.9. The molecular weight excluding hydrogens is 344 g/mol. The lowest BCUT2D eigenvalue weighted by molar-refractivity contribution is -0.123. The molecule has 0 aliphatic carbocycles. The van der Waals surface area contributed by atoms with Crippen LogP contribution in [-0.2, 0) is 16.0 Å². The van der Waals surface area contributed by atoms with Gasteiger partial charge in [0.2, 0.25) is 11.8 Å². The third-order valence-corrected chi connectivity index (χ3v) is 3.66. The van der Waals surface area contributed by atoms with Crippen LogP contribution in [0.15, 0.2) is 42.5 Å². The number of ether oxygens (including phenoxy) is 2. The van der Waals surface area contributed by atoms with Crippen LogP contribution in [0, 0.1) is 0 Å². The molecule has 0 atom stereocenters. The van der Waals surface area contributed by atoms with E-state index >= 15 is 0 Å². The lowest BCUT2D eigenvalue weighted by atomic mass is 10.1. The van der Waals surface area contributed by atoms with Crippen molar-refractivity contribution in [1.29, 1.82) is 0 Å². The molecule has 0 saturated heterocycles. The van der Waals surface area contributed by atoms with Crippen LogP contribution in [0.2, 0.25) is 5.02 Å². The highest BCUT2D eigenvalue weighted by Gasteiger charge is 2.10. The van der Waals surface area contributed by atoms with Crippen molar-refractivity contribution in [3.05, 3.63) is 53.1 Å². The molecule has 2 amide bonds. The van der Waals surface area contributed by atoms with Gasteiger partial charge in [-0.2, -0.15) is 0 Å². The zero-order valence-electron chi connectivity index (χ0n) is 14.0. The number of rotatable bonds is 7. The van der Waals surface area contributed by atoms with Crippen molar-refractivity contribution >= 4 is 29.1 Å². The van der Waals surface area contributed by atoms with Gasteiger partial charge >= 0.3 is 0 Å². The molecular formula is C18H19ClN2O4. The van der Waals surface area contributed by atoms with E-state index in [9.17, 15) is 9.59 Å². The fraction of sp³-hybridized carbons (Fsp3) is 0.222. The summed E-state index contributed by atoms with van der Waals surface area (Å²) in [5.41, 5.74) is 1.32. The predicted molar refractivity (Wildman–Crippen MR) is 96.3 cm³/mol. The molecule has 0 radical (unpaired) electrons. The fourth-order valence-corrected chi connectivity index (χ4v) is 2.25. The van der Waals surface area contributed by atoms with Gasteiger partial charge in [0.15, 0.2) is 0 Å². The summed E-state index contributed by atoms with van der Waals surface area (Å²) < 4.78 is 10.3. The topological polar surface area (TPSA) is 76.7 Å². The van der Waals surface area contributed by atoms with Crippen LogP contribution in [0.1, 0.15) is 5.56 Å². The Labute approximate surface area is 151 Å². The third-order valence-electron chi connectivity index (χ3n) is 3.41. The standard InChI is InChI=1S/C18H19ClN2O4/c1-24-14-7-8-15(16(10-14)25-2)21-18(23)11-20-17(22)9-12-3-5-13(19)6-4-12/h3-8,10H,9,11H2,1-2H3,(H,20,22)(H,21,23). The molecule has 0 bridgehead atoms. The fourth-order valence-electron chi connectivity index (χ4n) is 2.13. The molecule has 0 aromatic heterocycles. The largest absolute Gasteiger partial charge is 0.497 e. The van der Waals surface area contributed by atoms with Gasteiger partial charge in [0.1, 0.15) is 11.5 Å². The van der Waals surface area contributed by atoms with Crippen molar-refractivity contribution in [3.8, 4) is 11.5 Å². The molecule has 0 aliphatic heterocycles. The zero-order chi connectivity index (χ0) is 18.2. The summed E-state index contributed by atoms with van der Waals surface area (Å²) in [5.74, 6) is 0.485. The molecule has 2 N–H and O–H groups in total. The molecule has 132 valence electrons. The summed E-state index contributed by atoms with van der Waals surface area (Å²) in [6, 6.07) is 12.0. The van der Waals surface area contributed by atoms with E-state index in [1.165, 1.54) is 7.11 Å². The SMILES string of the molecule is COc1ccc(NC(=O)CNC(=O)Cc2ccc(Cl)cc2)c(OC)c1. The maximum absolute atomic E-state index is 12.0. The number of hydrogen-bond donors (Lipinski definition) is 2. The lowest BCUT2D eigenvalue weighted by Crippen LogP contribution is -2.33. The highest BCUT2D eigenvalue weighted by molar-refractivity contribution is 6.30. The number of methoxy groups -OCH3 is 2. The minimum Gasteiger partial charge on any atom is -0.497 e. The van der Waals surface area contributed by atoms with Crippen molar-refractivity contribution in [2.75, 3.05) is 26.1 Å². The highest BCUT2D eigenvalue weighted by atomic mass is 35.5. The van der Waals surface area contributed by atoms with Gasteiger partial charge in [-0.1, -0.05) is 23.7 Å². The number of amides is 2. The van der Waals surface area contributed by atoms with Crippen molar-refractivity contribution in [2.45, 2.75) is 6.42 Å². The normalized spacial score (nSPS) is 10.0. The molecule has 25 heavy (non-hydrogen) atoms. The first-order valence-electron chi connectivity index (χ1n) is 7.55. The Morgan fingerprint density at radius 1 is 1.00 bits per heavy atom. The molecule has 0 saturated carbocycles. The minimum absolute atomic E-state index is 0.137. The monoisotopic (exact) mass is 362 g/mol. The van der Waals surface area contributed by atoms with Gasteiger partial charge in [0.05, 0.1) is 32.9 Å². The Morgan fingerprint density at radius 2 is 1.72 bits per heavy atom. The Morgan fingerprint density at radius 3 is 2.36 bits per heavy atom. The summed E-state index contributed by atoms with van der Waals surface area (Å²) in [6.45, 7) is -0.137. The summed E-state index contributed by atoms with van der Waals surface area (Å²) in [7, 11) is 3.04. The Balaban J connectivity index is 1.86. The number of halogens is 1. The van der Waals surface area contributed by atoms with Crippen LogP contribution in [-0.4, -0.2) is 32.6 Å². The Bertz CT molecular complexity index is 747. The number of carbonyl (C=O) groups excluding carboxylic acids is 2. The van der Waals surface area contributed by atoms with Crippen LogP contribution >= 0.6 is 11.6 Å². The van der Waals surface area contributed by atoms with Crippen molar-refractivity contribution < 1.29 is 19.1 Å². The van der Waals surface area contributed by atoms with Gasteiger partial charge in [-0.3, -0.25) is 9.59 Å². The van der Waals surface area contributed by atoms with Crippen LogP contribution in [0.5, 0.6) is 11.5 Å². The maximum Gasteiger partial charge on any atom is 0.243 e. The van der Waals surface area contributed by atoms with Crippen LogP contribution in [0.3, 0.4) is 0 Å². The number of anilines is 1. The van der Waals surface area contributed by atoms with Gasteiger partial charge in [-0.05, 0) is 29.8 Å². The highest BCUT2D eigenvalue weighted by Crippen LogP contribution is 2.28. The molecule has 6 nitrogen and oxygen atoms in total. The predicted octanol–water partition coefficient (Wildman–Crippen LogP) is 2.65. The molecule has 0 spiro atoms. The Kier molecular flexibility index (Phi) is 6.65. The number of carbonyl (C=O) groups is 2. The second kappa shape index (κ2) is 8.94. The van der Waals surface area contributed by atoms with E-state index in [1.54, 1.807) is 49.6 Å². The summed E-state index contributed by atoms with van der Waals surface area (Å²) in [6.07, 6.45) is 0.177. The van der Waals surface area contributed by atoms with E-state index in [0.29, 0.717) is 22.2 Å². The Hall–Kier alpha value is -2.73. The zero-order valence-corrected chi connectivity index (χ0v) is 14.7. The summed E-state index contributed by atoms with van der Waals surface area (Å²) in [5, 5.41) is 5.87. The van der Waals surface area contributed by atoms with Gasteiger partial charge in [0, 0.05) is 11.1 Å². The van der Waals surface area contributed by atoms with E-state index in [2.05, 4.69) is 10.6 Å². The van der Waals surface area contributed by atoms with E-state index in [1.807, 2.05) is 0 Å². The summed E-state index contributed by atoms with van der Waals surface area (Å²) >= 11 is 5.80. The van der Waals surface area contributed by atoms with E-state index in [0.717, 1.165) is 5.56 Å². The molecule has 0 unspecified atom stereocenters. The first-order valence-corrected chi connectivity index (χ1v) is 7.92. The molecule has 2 aromatic rings. The first kappa shape index (κ1) is 18.6. The van der Waals surface area contributed by atoms with Crippen LogP contribution in [0.4, 0.5) is 5.69 Å². The maximum atomic E-state index is 12.0. The number of nitrogens with one attached hydrogen (secondary N) is 2. The smallest absolute Gasteiger partial charge is 0.243 e. The van der Waals surface area contributed by atoms with Crippen molar-refractivity contribution in [1.82, 2.24) is 5.32 Å². The van der Waals surface area contributed by atoms with Gasteiger partial charge in [0.25, 0.3) is 0 Å². The van der Waals surface area contributed by atoms with Crippen molar-refractivity contribution in [2.24, 2.45) is 0 Å². The molecule has 2 rings (SSSR count). The first-order chi connectivity index (χ1) is 12.0. The molecule has 2 aromatic carbocycles. The van der Waals surface area contributed by atoms with Crippen LogP contribution < -0.4 is 20.1 Å². The quantitative estimate of drug-likeness (QED) is 0.794. The van der Waals surface area contributed by atoms with Crippen LogP contribution in [0.25, 0.3) is 0 Å². The third kappa shape index (κ3) is 5.69. The van der Waals surface area contributed by atoms with E-state index in [4.69, 9.17) is 21.1 Å². The lowest BCUT2D eigenvalue weighted by Gasteiger charge is -2.12. The van der Waals surface area contributed by atoms with Crippen molar-refractivity contribution in [3.63, 3.8) is 0 Å². The number of hydrogen-bond acceptors (Lipinski definition) is 4. The second-order valence-electron chi connectivity index (χ2n) is 5.19. The molecule has 0 aliphatic rings. The molecule has 0 heterocycles. The molecule has 7 heteroatoms. The average molecular weight is 363 g/mol. The second-order valence-corrected chi connectivity index (χ2v) is 5.63. The average Bonchev–Trinajstić information content (AvgIpc) is 2.62. The molecule has 0 fully saturated rings. The number of benzene rings is 2.